The number of rotatable bonds is 2. The van der Waals surface area contributed by atoms with Crippen molar-refractivity contribution < 1.29 is 19.1 Å². The maximum Gasteiger partial charge on any atom is 0.337 e. The van der Waals surface area contributed by atoms with Gasteiger partial charge in [-0.05, 0) is 26.3 Å². The van der Waals surface area contributed by atoms with Gasteiger partial charge in [0.25, 0.3) is 0 Å². The molecule has 23 heavy (non-hydrogen) atoms. The Hall–Kier alpha value is -2.56. The number of methoxy groups -OCH3 is 1. The lowest BCUT2D eigenvalue weighted by molar-refractivity contribution is -0.136. The summed E-state index contributed by atoms with van der Waals surface area (Å²) in [6.07, 6.45) is 0. The average molecular weight is 313 g/mol. The van der Waals surface area contributed by atoms with Gasteiger partial charge in [-0.15, -0.1) is 0 Å². The smallest absolute Gasteiger partial charge is 0.337 e. The molecule has 1 N–H and O–H groups in total. The Labute approximate surface area is 135 Å². The number of dihydropyridines is 1. The summed E-state index contributed by atoms with van der Waals surface area (Å²) in [6.45, 7) is 6.01. The van der Waals surface area contributed by atoms with E-state index >= 15 is 0 Å². The van der Waals surface area contributed by atoms with Gasteiger partial charge < -0.3 is 14.8 Å². The van der Waals surface area contributed by atoms with Crippen LogP contribution in [0.15, 0.2) is 40.7 Å². The molecule has 5 heteroatoms. The van der Waals surface area contributed by atoms with Crippen molar-refractivity contribution in [2.24, 2.45) is 0 Å². The molecular weight excluding hydrogens is 294 g/mol. The van der Waals surface area contributed by atoms with Gasteiger partial charge in [0.1, 0.15) is 6.61 Å². The van der Waals surface area contributed by atoms with Crippen LogP contribution in [0.3, 0.4) is 0 Å². The number of allylic oxidation sites excluding steroid dienone is 1. The minimum atomic E-state index is -0.465. The van der Waals surface area contributed by atoms with Gasteiger partial charge >= 0.3 is 11.9 Å². The summed E-state index contributed by atoms with van der Waals surface area (Å²) in [5, 5.41) is 3.12. The largest absolute Gasteiger partial charge is 0.466 e. The molecule has 1 unspecified atom stereocenters. The SMILES string of the molecule is COC(=O)C1=C(C)NC2=C(C(=O)OC2)C1c1cc(C)cc(C)c1. The third kappa shape index (κ3) is 2.52. The summed E-state index contributed by atoms with van der Waals surface area (Å²) < 4.78 is 10.1. The Kier molecular flexibility index (Phi) is 3.72. The number of carbonyl (C=O) groups excluding carboxylic acids is 2. The van der Waals surface area contributed by atoms with Crippen LogP contribution in [0.2, 0.25) is 0 Å². The maximum atomic E-state index is 12.3. The molecule has 1 aromatic rings. The highest BCUT2D eigenvalue weighted by molar-refractivity contribution is 6.01. The van der Waals surface area contributed by atoms with Gasteiger partial charge in [-0.3, -0.25) is 0 Å². The van der Waals surface area contributed by atoms with E-state index in [4.69, 9.17) is 9.47 Å². The highest BCUT2D eigenvalue weighted by Crippen LogP contribution is 2.41. The molecule has 0 aliphatic carbocycles. The first-order valence-corrected chi connectivity index (χ1v) is 7.47. The molecule has 0 aromatic heterocycles. The van der Waals surface area contributed by atoms with Gasteiger partial charge in [-0.2, -0.15) is 0 Å². The fourth-order valence-electron chi connectivity index (χ4n) is 3.36. The zero-order valence-corrected chi connectivity index (χ0v) is 13.6. The van der Waals surface area contributed by atoms with E-state index in [0.29, 0.717) is 16.8 Å². The van der Waals surface area contributed by atoms with Crippen LogP contribution in [0.5, 0.6) is 0 Å². The Bertz CT molecular complexity index is 753. The van der Waals surface area contributed by atoms with Crippen LogP contribution in [0.4, 0.5) is 0 Å². The molecule has 1 atom stereocenters. The zero-order chi connectivity index (χ0) is 16.7. The first-order valence-electron chi connectivity index (χ1n) is 7.47. The van der Waals surface area contributed by atoms with Crippen LogP contribution >= 0.6 is 0 Å². The van der Waals surface area contributed by atoms with Crippen molar-refractivity contribution in [3.63, 3.8) is 0 Å². The molecule has 0 amide bonds. The first-order chi connectivity index (χ1) is 10.9. The number of carbonyl (C=O) groups is 2. The van der Waals surface area contributed by atoms with Crippen LogP contribution < -0.4 is 5.32 Å². The van der Waals surface area contributed by atoms with Crippen LogP contribution in [0.1, 0.15) is 29.5 Å². The van der Waals surface area contributed by atoms with Gasteiger partial charge in [0.15, 0.2) is 0 Å². The number of hydrogen-bond donors (Lipinski definition) is 1. The molecule has 0 saturated carbocycles. The summed E-state index contributed by atoms with van der Waals surface area (Å²) in [4.78, 5) is 24.6. The second kappa shape index (κ2) is 5.57. The summed E-state index contributed by atoms with van der Waals surface area (Å²) in [5.74, 6) is -1.29. The minimum absolute atomic E-state index is 0.210. The van der Waals surface area contributed by atoms with E-state index in [2.05, 4.69) is 11.4 Å². The van der Waals surface area contributed by atoms with Gasteiger partial charge in [-0.25, -0.2) is 9.59 Å². The Morgan fingerprint density at radius 1 is 1.22 bits per heavy atom. The van der Waals surface area contributed by atoms with Gasteiger partial charge in [0, 0.05) is 5.70 Å². The van der Waals surface area contributed by atoms with Crippen molar-refractivity contribution >= 4 is 11.9 Å². The predicted molar refractivity (Wildman–Crippen MR) is 84.5 cm³/mol. The second-order valence-corrected chi connectivity index (χ2v) is 5.98. The summed E-state index contributed by atoms with van der Waals surface area (Å²) in [6, 6.07) is 6.05. The Morgan fingerprint density at radius 2 is 1.87 bits per heavy atom. The lowest BCUT2D eigenvalue weighted by Crippen LogP contribution is -2.30. The number of esters is 2. The predicted octanol–water partition coefficient (Wildman–Crippen LogP) is 2.25. The van der Waals surface area contributed by atoms with Gasteiger partial charge in [-0.1, -0.05) is 29.3 Å². The molecule has 2 heterocycles. The number of hydrogen-bond acceptors (Lipinski definition) is 5. The Morgan fingerprint density at radius 3 is 2.48 bits per heavy atom. The van der Waals surface area contributed by atoms with Crippen LogP contribution in [0, 0.1) is 13.8 Å². The van der Waals surface area contributed by atoms with Crippen molar-refractivity contribution in [2.45, 2.75) is 26.7 Å². The zero-order valence-electron chi connectivity index (χ0n) is 13.6. The molecular formula is C18H19NO4. The van der Waals surface area contributed by atoms with Crippen LogP contribution in [0.25, 0.3) is 0 Å². The van der Waals surface area contributed by atoms with Crippen LogP contribution in [-0.2, 0) is 19.1 Å². The number of cyclic esters (lactones) is 1. The summed E-state index contributed by atoms with van der Waals surface area (Å²) in [7, 11) is 1.35. The molecule has 1 aromatic carbocycles. The second-order valence-electron chi connectivity index (χ2n) is 5.98. The third-order valence-electron chi connectivity index (χ3n) is 4.20. The standard InChI is InChI=1S/C18H19NO4/c1-9-5-10(2)7-12(6-9)15-14(17(20)22-4)11(3)19-13-8-23-18(21)16(13)15/h5-7,15,19H,8H2,1-4H3. The monoisotopic (exact) mass is 313 g/mol. The quantitative estimate of drug-likeness (QED) is 0.848. The van der Waals surface area contributed by atoms with E-state index in [-0.39, 0.29) is 12.6 Å². The Balaban J connectivity index is 2.22. The average Bonchev–Trinajstić information content (AvgIpc) is 2.85. The number of benzene rings is 1. The summed E-state index contributed by atoms with van der Waals surface area (Å²) in [5.41, 5.74) is 5.43. The molecule has 0 bridgehead atoms. The maximum absolute atomic E-state index is 12.3. The minimum Gasteiger partial charge on any atom is -0.466 e. The van der Waals surface area contributed by atoms with Crippen molar-refractivity contribution in [1.82, 2.24) is 5.32 Å². The highest BCUT2D eigenvalue weighted by atomic mass is 16.5. The topological polar surface area (TPSA) is 64.6 Å². The molecule has 5 nitrogen and oxygen atoms in total. The van der Waals surface area contributed by atoms with E-state index in [1.54, 1.807) is 0 Å². The fraction of sp³-hybridized carbons (Fsp3) is 0.333. The third-order valence-corrected chi connectivity index (χ3v) is 4.20. The number of ether oxygens (including phenoxy) is 2. The van der Waals surface area contributed by atoms with E-state index in [9.17, 15) is 9.59 Å². The lowest BCUT2D eigenvalue weighted by Gasteiger charge is -2.27. The van der Waals surface area contributed by atoms with Crippen molar-refractivity contribution in [1.29, 1.82) is 0 Å². The molecule has 2 aliphatic heterocycles. The fourth-order valence-corrected chi connectivity index (χ4v) is 3.36. The lowest BCUT2D eigenvalue weighted by atomic mass is 9.80. The van der Waals surface area contributed by atoms with E-state index in [0.717, 1.165) is 22.4 Å². The molecule has 2 aliphatic rings. The van der Waals surface area contributed by atoms with Crippen molar-refractivity contribution in [2.75, 3.05) is 13.7 Å². The normalized spacial score (nSPS) is 20.2. The van der Waals surface area contributed by atoms with Crippen molar-refractivity contribution in [3.8, 4) is 0 Å². The molecule has 0 spiro atoms. The number of nitrogens with one attached hydrogen (secondary N) is 1. The van der Waals surface area contributed by atoms with E-state index in [1.807, 2.05) is 32.9 Å². The van der Waals surface area contributed by atoms with Crippen LogP contribution in [-0.4, -0.2) is 25.7 Å². The van der Waals surface area contributed by atoms with Crippen molar-refractivity contribution in [3.05, 3.63) is 57.4 Å². The molecule has 0 fully saturated rings. The highest BCUT2D eigenvalue weighted by Gasteiger charge is 2.41. The number of aryl methyl sites for hydroxylation is 2. The first kappa shape index (κ1) is 15.3. The van der Waals surface area contributed by atoms with Gasteiger partial charge in [0.05, 0.1) is 29.9 Å². The van der Waals surface area contributed by atoms with Gasteiger partial charge in [0.2, 0.25) is 0 Å². The summed E-state index contributed by atoms with van der Waals surface area (Å²) >= 11 is 0. The molecule has 120 valence electrons. The molecule has 0 saturated heterocycles. The van der Waals surface area contributed by atoms with E-state index < -0.39 is 11.9 Å². The van der Waals surface area contributed by atoms with E-state index in [1.165, 1.54) is 7.11 Å². The molecule has 3 rings (SSSR count). The molecule has 0 radical (unpaired) electrons.